The largest absolute Gasteiger partial charge is 0.368 e. The molecule has 1 N–H and O–H groups in total. The first kappa shape index (κ1) is 16.2. The van der Waals surface area contributed by atoms with Crippen molar-refractivity contribution in [1.29, 1.82) is 0 Å². The Labute approximate surface area is 139 Å². The molecule has 0 aromatic carbocycles. The van der Waals surface area contributed by atoms with Crippen LogP contribution in [0.3, 0.4) is 0 Å². The molecule has 2 aromatic heterocycles. The normalized spacial score (nSPS) is 14.4. The molecule has 1 aliphatic rings. The molecule has 0 amide bonds. The van der Waals surface area contributed by atoms with Gasteiger partial charge in [-0.15, -0.1) is 5.10 Å². The summed E-state index contributed by atoms with van der Waals surface area (Å²) in [4.78, 5) is 2.45. The summed E-state index contributed by atoms with van der Waals surface area (Å²) in [6, 6.07) is 2.32. The maximum atomic E-state index is 4.42. The summed E-state index contributed by atoms with van der Waals surface area (Å²) in [5.41, 5.74) is 3.76. The molecule has 3 rings (SSSR count). The lowest BCUT2D eigenvalue weighted by molar-refractivity contribution is 0.303. The Kier molecular flexibility index (Phi) is 5.16. The van der Waals surface area contributed by atoms with E-state index in [9.17, 15) is 0 Å². The molecule has 0 spiro atoms. The van der Waals surface area contributed by atoms with Crippen LogP contribution in [0.2, 0.25) is 0 Å². The molecule has 0 saturated carbocycles. The number of rotatable bonds is 7. The van der Waals surface area contributed by atoms with E-state index in [2.05, 4.69) is 51.8 Å². The monoisotopic (exact) mass is 315 g/mol. The average molecular weight is 315 g/mol. The van der Waals surface area contributed by atoms with Gasteiger partial charge in [-0.3, -0.25) is 0 Å². The Morgan fingerprint density at radius 2 is 2.04 bits per heavy atom. The van der Waals surface area contributed by atoms with E-state index in [1.165, 1.54) is 35.9 Å². The number of anilines is 1. The number of aromatic nitrogens is 3. The molecule has 0 unspecified atom stereocenters. The van der Waals surface area contributed by atoms with Gasteiger partial charge in [-0.2, -0.15) is 5.10 Å². The third-order valence-corrected chi connectivity index (χ3v) is 4.98. The van der Waals surface area contributed by atoms with Crippen molar-refractivity contribution in [3.8, 4) is 0 Å². The van der Waals surface area contributed by atoms with Gasteiger partial charge in [0.25, 0.3) is 0 Å². The second-order valence-corrected chi connectivity index (χ2v) is 6.45. The van der Waals surface area contributed by atoms with E-state index in [4.69, 9.17) is 0 Å². The van der Waals surface area contributed by atoms with E-state index in [1.807, 2.05) is 0 Å². The minimum Gasteiger partial charge on any atom is -0.368 e. The number of nitrogens with zero attached hydrogens (tertiary/aromatic N) is 4. The second-order valence-electron chi connectivity index (χ2n) is 6.45. The number of fused-ring (bicyclic) bond motifs is 3. The molecule has 5 heteroatoms. The Bertz CT molecular complexity index is 657. The van der Waals surface area contributed by atoms with E-state index in [1.54, 1.807) is 0 Å². The molecule has 0 atom stereocenters. The highest BCUT2D eigenvalue weighted by atomic mass is 15.2. The summed E-state index contributed by atoms with van der Waals surface area (Å²) in [5, 5.41) is 13.6. The zero-order chi connectivity index (χ0) is 16.2. The molecule has 0 aliphatic carbocycles. The fraction of sp³-hybridized carbons (Fsp3) is 0.667. The average Bonchev–Trinajstić information content (AvgIpc) is 2.97. The van der Waals surface area contributed by atoms with E-state index in [0.29, 0.717) is 0 Å². The number of nitrogens with one attached hydrogen (secondary N) is 1. The minimum atomic E-state index is 0.948. The maximum Gasteiger partial charge on any atom is 0.158 e. The zero-order valence-corrected chi connectivity index (χ0v) is 14.7. The topological polar surface area (TPSA) is 46.0 Å². The van der Waals surface area contributed by atoms with Gasteiger partial charge in [0.15, 0.2) is 5.82 Å². The van der Waals surface area contributed by atoms with Crippen molar-refractivity contribution in [3.63, 3.8) is 0 Å². The van der Waals surface area contributed by atoms with Crippen molar-refractivity contribution < 1.29 is 0 Å². The van der Waals surface area contributed by atoms with Crippen molar-refractivity contribution in [2.24, 2.45) is 0 Å². The van der Waals surface area contributed by atoms with Crippen LogP contribution < -0.4 is 5.32 Å². The predicted octanol–water partition coefficient (Wildman–Crippen LogP) is 3.22. The molecule has 0 radical (unpaired) electrons. The van der Waals surface area contributed by atoms with Gasteiger partial charge in [-0.25, -0.2) is 0 Å². The van der Waals surface area contributed by atoms with Crippen LogP contribution in [0, 0.1) is 6.92 Å². The van der Waals surface area contributed by atoms with Crippen LogP contribution in [-0.2, 0) is 13.0 Å². The van der Waals surface area contributed by atoms with Crippen LogP contribution in [0.1, 0.15) is 44.5 Å². The summed E-state index contributed by atoms with van der Waals surface area (Å²) in [6.45, 7) is 12.0. The van der Waals surface area contributed by atoms with E-state index < -0.39 is 0 Å². The van der Waals surface area contributed by atoms with Crippen LogP contribution in [-0.4, -0.2) is 45.8 Å². The SMILES string of the molecule is CCN(CC)CCCNc1nnc(C)c2c1cc1n2CCCC1. The molecule has 3 heterocycles. The van der Waals surface area contributed by atoms with Crippen LogP contribution >= 0.6 is 0 Å². The smallest absolute Gasteiger partial charge is 0.158 e. The van der Waals surface area contributed by atoms with Crippen molar-refractivity contribution in [3.05, 3.63) is 17.5 Å². The molecule has 0 bridgehead atoms. The zero-order valence-electron chi connectivity index (χ0n) is 14.7. The van der Waals surface area contributed by atoms with E-state index in [-0.39, 0.29) is 0 Å². The van der Waals surface area contributed by atoms with E-state index in [0.717, 1.165) is 50.7 Å². The van der Waals surface area contributed by atoms with Gasteiger partial charge in [0.05, 0.1) is 11.2 Å². The van der Waals surface area contributed by atoms with Gasteiger partial charge in [-0.1, -0.05) is 13.8 Å². The summed E-state index contributed by atoms with van der Waals surface area (Å²) >= 11 is 0. The van der Waals surface area contributed by atoms with Gasteiger partial charge >= 0.3 is 0 Å². The first-order valence-electron chi connectivity index (χ1n) is 9.06. The van der Waals surface area contributed by atoms with Gasteiger partial charge < -0.3 is 14.8 Å². The van der Waals surface area contributed by atoms with Gasteiger partial charge in [0.2, 0.25) is 0 Å². The van der Waals surface area contributed by atoms with Crippen LogP contribution in [0.5, 0.6) is 0 Å². The first-order valence-corrected chi connectivity index (χ1v) is 9.06. The Morgan fingerprint density at radius 1 is 1.22 bits per heavy atom. The van der Waals surface area contributed by atoms with Gasteiger partial charge in [0.1, 0.15) is 0 Å². The highest BCUT2D eigenvalue weighted by Gasteiger charge is 2.18. The van der Waals surface area contributed by atoms with E-state index >= 15 is 0 Å². The number of hydrogen-bond donors (Lipinski definition) is 1. The fourth-order valence-corrected chi connectivity index (χ4v) is 3.62. The van der Waals surface area contributed by atoms with Gasteiger partial charge in [-0.05, 0) is 58.3 Å². The lowest BCUT2D eigenvalue weighted by atomic mass is 10.1. The summed E-state index contributed by atoms with van der Waals surface area (Å²) in [7, 11) is 0. The molecular formula is C18H29N5. The third kappa shape index (κ3) is 3.34. The second kappa shape index (κ2) is 7.30. The summed E-state index contributed by atoms with van der Waals surface area (Å²) < 4.78 is 2.45. The molecule has 23 heavy (non-hydrogen) atoms. The quantitative estimate of drug-likeness (QED) is 0.797. The molecule has 1 aliphatic heterocycles. The highest BCUT2D eigenvalue weighted by molar-refractivity contribution is 5.92. The Hall–Kier alpha value is -1.62. The van der Waals surface area contributed by atoms with Crippen LogP contribution in [0.4, 0.5) is 5.82 Å². The number of aryl methyl sites for hydroxylation is 3. The van der Waals surface area contributed by atoms with Gasteiger partial charge in [0, 0.05) is 24.2 Å². The molecule has 126 valence electrons. The van der Waals surface area contributed by atoms with Crippen molar-refractivity contribution in [1.82, 2.24) is 19.7 Å². The molecule has 5 nitrogen and oxygen atoms in total. The Morgan fingerprint density at radius 3 is 2.83 bits per heavy atom. The molecular weight excluding hydrogens is 286 g/mol. The fourth-order valence-electron chi connectivity index (χ4n) is 3.62. The maximum absolute atomic E-state index is 4.42. The number of hydrogen-bond acceptors (Lipinski definition) is 4. The third-order valence-electron chi connectivity index (χ3n) is 4.98. The van der Waals surface area contributed by atoms with Crippen LogP contribution in [0.25, 0.3) is 10.9 Å². The van der Waals surface area contributed by atoms with Crippen LogP contribution in [0.15, 0.2) is 6.07 Å². The lowest BCUT2D eigenvalue weighted by Crippen LogP contribution is -2.25. The molecule has 0 saturated heterocycles. The minimum absolute atomic E-state index is 0.948. The molecule has 2 aromatic rings. The summed E-state index contributed by atoms with van der Waals surface area (Å²) in [5.74, 6) is 0.951. The van der Waals surface area contributed by atoms with Crippen molar-refractivity contribution in [2.75, 3.05) is 31.5 Å². The van der Waals surface area contributed by atoms with Crippen molar-refractivity contribution >= 4 is 16.7 Å². The predicted molar refractivity (Wildman–Crippen MR) is 96.1 cm³/mol. The highest BCUT2D eigenvalue weighted by Crippen LogP contribution is 2.30. The first-order chi connectivity index (χ1) is 11.2. The van der Waals surface area contributed by atoms with Crippen molar-refractivity contribution in [2.45, 2.75) is 53.0 Å². The Balaban J connectivity index is 1.74. The lowest BCUT2D eigenvalue weighted by Gasteiger charge is -2.18. The molecule has 0 fully saturated rings. The summed E-state index contributed by atoms with van der Waals surface area (Å²) in [6.07, 6.45) is 4.87. The standard InChI is InChI=1S/C18H29N5/c1-4-22(5-2)11-8-10-19-18-16-13-15-9-6-7-12-23(15)17(16)14(3)20-21-18/h13H,4-12H2,1-3H3,(H,19,21).